The van der Waals surface area contributed by atoms with Crippen LogP contribution in [0.15, 0.2) is 0 Å². The molecule has 0 radical (unpaired) electrons. The zero-order chi connectivity index (χ0) is 8.48. The lowest BCUT2D eigenvalue weighted by atomic mass is 10.0. The first-order valence-electron chi connectivity index (χ1n) is 3.56. The Kier molecular flexibility index (Phi) is 2.54. The van der Waals surface area contributed by atoms with Gasteiger partial charge in [0.15, 0.2) is 5.60 Å². The molecular formula is C7H11BrO3. The predicted octanol–water partition coefficient (Wildman–Crippen LogP) is 0.838. The van der Waals surface area contributed by atoms with Crippen LogP contribution in [-0.2, 0) is 9.53 Å². The molecule has 0 saturated heterocycles. The molecule has 0 aromatic rings. The van der Waals surface area contributed by atoms with Crippen LogP contribution in [0, 0.1) is 0 Å². The average Bonchev–Trinajstić information content (AvgIpc) is 2.32. The van der Waals surface area contributed by atoms with E-state index in [1.807, 2.05) is 0 Å². The summed E-state index contributed by atoms with van der Waals surface area (Å²) < 4.78 is 4.49. The first-order valence-corrected chi connectivity index (χ1v) is 4.47. The molecule has 0 aliphatic heterocycles. The molecule has 0 amide bonds. The lowest BCUT2D eigenvalue weighted by molar-refractivity contribution is -0.160. The van der Waals surface area contributed by atoms with Crippen LogP contribution in [0.3, 0.4) is 0 Å². The van der Waals surface area contributed by atoms with Crippen molar-refractivity contribution in [3.05, 3.63) is 0 Å². The van der Waals surface area contributed by atoms with Crippen LogP contribution in [0.4, 0.5) is 0 Å². The molecule has 0 aromatic carbocycles. The van der Waals surface area contributed by atoms with Gasteiger partial charge in [0.2, 0.25) is 0 Å². The highest BCUT2D eigenvalue weighted by atomic mass is 79.9. The van der Waals surface area contributed by atoms with Crippen LogP contribution in [0.5, 0.6) is 0 Å². The highest BCUT2D eigenvalue weighted by Crippen LogP contribution is 2.36. The number of aliphatic hydroxyl groups is 1. The van der Waals surface area contributed by atoms with Gasteiger partial charge in [0.1, 0.15) is 0 Å². The normalized spacial score (nSPS) is 37.2. The van der Waals surface area contributed by atoms with Crippen LogP contribution in [0.2, 0.25) is 0 Å². The number of carbonyl (C=O) groups excluding carboxylic acids is 1. The first kappa shape index (κ1) is 9.00. The van der Waals surface area contributed by atoms with Crippen molar-refractivity contribution in [2.45, 2.75) is 29.7 Å². The van der Waals surface area contributed by atoms with Crippen molar-refractivity contribution < 1.29 is 14.6 Å². The summed E-state index contributed by atoms with van der Waals surface area (Å²) in [6.07, 6.45) is 2.18. The fourth-order valence-electron chi connectivity index (χ4n) is 1.35. The summed E-state index contributed by atoms with van der Waals surface area (Å²) in [5.74, 6) is -0.531. The van der Waals surface area contributed by atoms with Crippen molar-refractivity contribution in [3.63, 3.8) is 0 Å². The average molecular weight is 223 g/mol. The zero-order valence-electron chi connectivity index (χ0n) is 6.34. The number of alkyl halides is 1. The van der Waals surface area contributed by atoms with E-state index in [0.717, 1.165) is 12.8 Å². The van der Waals surface area contributed by atoms with E-state index in [-0.39, 0.29) is 4.83 Å². The van der Waals surface area contributed by atoms with Crippen molar-refractivity contribution in [3.8, 4) is 0 Å². The van der Waals surface area contributed by atoms with Crippen LogP contribution in [0.25, 0.3) is 0 Å². The van der Waals surface area contributed by atoms with Crippen LogP contribution < -0.4 is 0 Å². The highest BCUT2D eigenvalue weighted by Gasteiger charge is 2.47. The smallest absolute Gasteiger partial charge is 0.339 e. The van der Waals surface area contributed by atoms with Gasteiger partial charge >= 0.3 is 5.97 Å². The van der Waals surface area contributed by atoms with Crippen molar-refractivity contribution in [1.82, 2.24) is 0 Å². The molecule has 11 heavy (non-hydrogen) atoms. The van der Waals surface area contributed by atoms with Gasteiger partial charge in [-0.1, -0.05) is 15.9 Å². The van der Waals surface area contributed by atoms with Crippen molar-refractivity contribution in [2.24, 2.45) is 0 Å². The SMILES string of the molecule is COC(=O)C1(O)CCCC1Br. The number of hydrogen-bond acceptors (Lipinski definition) is 3. The first-order chi connectivity index (χ1) is 5.11. The standard InChI is InChI=1S/C7H11BrO3/c1-11-6(9)7(10)4-2-3-5(7)8/h5,10H,2-4H2,1H3. The van der Waals surface area contributed by atoms with Gasteiger partial charge in [0.05, 0.1) is 11.9 Å². The maximum Gasteiger partial charge on any atom is 0.339 e. The minimum Gasteiger partial charge on any atom is -0.467 e. The van der Waals surface area contributed by atoms with Gasteiger partial charge in [-0.3, -0.25) is 0 Å². The van der Waals surface area contributed by atoms with E-state index in [1.165, 1.54) is 7.11 Å². The summed E-state index contributed by atoms with van der Waals surface area (Å²) in [6.45, 7) is 0. The third kappa shape index (κ3) is 1.42. The molecule has 1 aliphatic carbocycles. The Labute approximate surface area is 73.9 Å². The molecule has 4 heteroatoms. The van der Waals surface area contributed by atoms with Crippen molar-refractivity contribution >= 4 is 21.9 Å². The predicted molar refractivity (Wildman–Crippen MR) is 43.5 cm³/mol. The molecule has 64 valence electrons. The molecule has 2 unspecified atom stereocenters. The Morgan fingerprint density at radius 1 is 1.82 bits per heavy atom. The van der Waals surface area contributed by atoms with Crippen LogP contribution in [0.1, 0.15) is 19.3 Å². The second-order valence-electron chi connectivity index (χ2n) is 2.78. The molecule has 1 saturated carbocycles. The minimum absolute atomic E-state index is 0.151. The van der Waals surface area contributed by atoms with Crippen LogP contribution >= 0.6 is 15.9 Å². The zero-order valence-corrected chi connectivity index (χ0v) is 7.93. The number of ether oxygens (including phenoxy) is 1. The second kappa shape index (κ2) is 3.11. The lowest BCUT2D eigenvalue weighted by Gasteiger charge is -2.22. The molecule has 0 spiro atoms. The number of halogens is 1. The van der Waals surface area contributed by atoms with Gasteiger partial charge in [-0.2, -0.15) is 0 Å². The summed E-state index contributed by atoms with van der Waals surface area (Å²) in [4.78, 5) is 10.9. The largest absolute Gasteiger partial charge is 0.467 e. The summed E-state index contributed by atoms with van der Waals surface area (Å²) in [5, 5.41) is 9.71. The Hall–Kier alpha value is -0.0900. The third-order valence-electron chi connectivity index (χ3n) is 2.07. The Morgan fingerprint density at radius 3 is 2.82 bits per heavy atom. The Balaban J connectivity index is 2.72. The van der Waals surface area contributed by atoms with Gasteiger partial charge in [0, 0.05) is 0 Å². The second-order valence-corrected chi connectivity index (χ2v) is 3.88. The molecule has 1 rings (SSSR count). The van der Waals surface area contributed by atoms with E-state index < -0.39 is 11.6 Å². The summed E-state index contributed by atoms with van der Waals surface area (Å²) in [7, 11) is 1.29. The fraction of sp³-hybridized carbons (Fsp3) is 0.857. The topological polar surface area (TPSA) is 46.5 Å². The fourth-order valence-corrected chi connectivity index (χ4v) is 2.09. The van der Waals surface area contributed by atoms with E-state index in [4.69, 9.17) is 0 Å². The Morgan fingerprint density at radius 2 is 2.45 bits per heavy atom. The Bertz CT molecular complexity index is 171. The van der Waals surface area contributed by atoms with Crippen molar-refractivity contribution in [2.75, 3.05) is 7.11 Å². The number of hydrogen-bond donors (Lipinski definition) is 1. The summed E-state index contributed by atoms with van der Waals surface area (Å²) in [5.41, 5.74) is -1.28. The number of carbonyl (C=O) groups is 1. The molecule has 0 aromatic heterocycles. The molecular weight excluding hydrogens is 212 g/mol. The molecule has 0 heterocycles. The van der Waals surface area contributed by atoms with Gasteiger partial charge in [-0.15, -0.1) is 0 Å². The molecule has 2 atom stereocenters. The highest BCUT2D eigenvalue weighted by molar-refractivity contribution is 9.09. The summed E-state index contributed by atoms with van der Waals surface area (Å²) in [6, 6.07) is 0. The van der Waals surface area contributed by atoms with E-state index in [1.54, 1.807) is 0 Å². The molecule has 3 nitrogen and oxygen atoms in total. The van der Waals surface area contributed by atoms with Gasteiger partial charge in [-0.05, 0) is 19.3 Å². The van der Waals surface area contributed by atoms with Gasteiger partial charge in [0.25, 0.3) is 0 Å². The minimum atomic E-state index is -1.28. The number of rotatable bonds is 1. The van der Waals surface area contributed by atoms with Crippen molar-refractivity contribution in [1.29, 1.82) is 0 Å². The molecule has 1 N–H and O–H groups in total. The lowest BCUT2D eigenvalue weighted by Crippen LogP contribution is -2.43. The third-order valence-corrected chi connectivity index (χ3v) is 3.29. The monoisotopic (exact) mass is 222 g/mol. The maximum absolute atomic E-state index is 11.0. The maximum atomic E-state index is 11.0. The van der Waals surface area contributed by atoms with Gasteiger partial charge in [-0.25, -0.2) is 4.79 Å². The summed E-state index contributed by atoms with van der Waals surface area (Å²) >= 11 is 3.25. The quantitative estimate of drug-likeness (QED) is 0.529. The van der Waals surface area contributed by atoms with E-state index in [0.29, 0.717) is 6.42 Å². The number of methoxy groups -OCH3 is 1. The van der Waals surface area contributed by atoms with Crippen LogP contribution in [-0.4, -0.2) is 28.6 Å². The van der Waals surface area contributed by atoms with E-state index in [2.05, 4.69) is 20.7 Å². The van der Waals surface area contributed by atoms with E-state index in [9.17, 15) is 9.90 Å². The molecule has 1 aliphatic rings. The van der Waals surface area contributed by atoms with E-state index >= 15 is 0 Å². The molecule has 0 bridgehead atoms. The van der Waals surface area contributed by atoms with Gasteiger partial charge < -0.3 is 9.84 Å². The number of esters is 1. The molecule has 1 fully saturated rings.